The molecule has 0 aromatic heterocycles. The average Bonchev–Trinajstić information content (AvgIpc) is 2.37. The summed E-state index contributed by atoms with van der Waals surface area (Å²) < 4.78 is 0. The summed E-state index contributed by atoms with van der Waals surface area (Å²) in [5, 5.41) is 1.58. The molecule has 0 atom stereocenters. The predicted octanol–water partition coefficient (Wildman–Crippen LogP) is 2.70. The maximum atomic E-state index is 2.32. The molecule has 0 aliphatic heterocycles. The van der Waals surface area contributed by atoms with Crippen LogP contribution in [0.5, 0.6) is 0 Å². The molecule has 1 aromatic carbocycles. The van der Waals surface area contributed by atoms with E-state index in [1.54, 1.807) is 5.30 Å². The average molecular weight is 280 g/mol. The topological polar surface area (TPSA) is 6.48 Å². The highest BCUT2D eigenvalue weighted by Crippen LogP contribution is 2.35. The van der Waals surface area contributed by atoms with E-state index in [0.29, 0.717) is 0 Å². The van der Waals surface area contributed by atoms with E-state index in [0.717, 1.165) is 0 Å². The van der Waals surface area contributed by atoms with Crippen molar-refractivity contribution in [1.29, 1.82) is 0 Å². The lowest BCUT2D eigenvalue weighted by Crippen LogP contribution is -2.17. The Morgan fingerprint density at radius 1 is 0.789 bits per heavy atom. The maximum absolute atomic E-state index is 2.32. The first kappa shape index (κ1) is 16.6. The first-order chi connectivity index (χ1) is 9.09. The van der Waals surface area contributed by atoms with Crippen LogP contribution < -0.4 is 5.30 Å². The van der Waals surface area contributed by atoms with Crippen LogP contribution in [-0.2, 0) is 0 Å². The van der Waals surface area contributed by atoms with Crippen LogP contribution in [0.15, 0.2) is 30.3 Å². The van der Waals surface area contributed by atoms with E-state index < -0.39 is 0 Å². The van der Waals surface area contributed by atoms with Crippen LogP contribution in [0.1, 0.15) is 12.8 Å². The van der Waals surface area contributed by atoms with Gasteiger partial charge in [0, 0.05) is 0 Å². The Morgan fingerprint density at radius 2 is 1.26 bits per heavy atom. The SMILES string of the molecule is CN(C)CCCP(CCCN(C)C)c1ccccc1. The van der Waals surface area contributed by atoms with E-state index in [4.69, 9.17) is 0 Å². The smallest absolute Gasteiger partial charge is 0.00214 e. The predicted molar refractivity (Wildman–Crippen MR) is 89.1 cm³/mol. The van der Waals surface area contributed by atoms with Gasteiger partial charge in [0.2, 0.25) is 0 Å². The van der Waals surface area contributed by atoms with Gasteiger partial charge < -0.3 is 9.80 Å². The van der Waals surface area contributed by atoms with Crippen LogP contribution in [0.2, 0.25) is 0 Å². The summed E-state index contributed by atoms with van der Waals surface area (Å²) in [4.78, 5) is 4.58. The van der Waals surface area contributed by atoms with Crippen LogP contribution in [0, 0.1) is 0 Å². The van der Waals surface area contributed by atoms with Crippen LogP contribution in [0.4, 0.5) is 0 Å². The summed E-state index contributed by atoms with van der Waals surface area (Å²) in [6.07, 6.45) is 5.36. The Kier molecular flexibility index (Phi) is 8.29. The molecule has 0 amide bonds. The van der Waals surface area contributed by atoms with Gasteiger partial charge in [0.15, 0.2) is 0 Å². The van der Waals surface area contributed by atoms with Gasteiger partial charge in [-0.25, -0.2) is 0 Å². The van der Waals surface area contributed by atoms with E-state index in [1.807, 2.05) is 0 Å². The quantitative estimate of drug-likeness (QED) is 0.642. The minimum atomic E-state index is 0.0296. The summed E-state index contributed by atoms with van der Waals surface area (Å²) in [5.41, 5.74) is 0. The molecular formula is C16H29N2P. The summed E-state index contributed by atoms with van der Waals surface area (Å²) in [5.74, 6) is 0. The van der Waals surface area contributed by atoms with E-state index in [1.165, 1.54) is 38.3 Å². The molecule has 0 bridgehead atoms. The molecule has 0 aliphatic carbocycles. The van der Waals surface area contributed by atoms with Gasteiger partial charge in [0.05, 0.1) is 0 Å². The third-order valence-electron chi connectivity index (χ3n) is 3.19. The molecule has 0 fully saturated rings. The number of hydrogen-bond donors (Lipinski definition) is 0. The second kappa shape index (κ2) is 9.47. The third kappa shape index (κ3) is 7.67. The lowest BCUT2D eigenvalue weighted by atomic mass is 10.4. The molecule has 108 valence electrons. The molecule has 2 nitrogen and oxygen atoms in total. The van der Waals surface area contributed by atoms with E-state index in [-0.39, 0.29) is 7.92 Å². The van der Waals surface area contributed by atoms with Crippen molar-refractivity contribution in [3.05, 3.63) is 30.3 Å². The highest BCUT2D eigenvalue weighted by Gasteiger charge is 2.10. The van der Waals surface area contributed by atoms with E-state index in [9.17, 15) is 0 Å². The highest BCUT2D eigenvalue weighted by atomic mass is 31.1. The Bertz CT molecular complexity index is 311. The van der Waals surface area contributed by atoms with Gasteiger partial charge in [-0.05, 0) is 71.8 Å². The van der Waals surface area contributed by atoms with E-state index in [2.05, 4.69) is 68.3 Å². The van der Waals surface area contributed by atoms with Gasteiger partial charge in [0.1, 0.15) is 0 Å². The summed E-state index contributed by atoms with van der Waals surface area (Å²) in [7, 11) is 8.68. The lowest BCUT2D eigenvalue weighted by molar-refractivity contribution is 0.407. The first-order valence-electron chi connectivity index (χ1n) is 7.19. The van der Waals surface area contributed by atoms with E-state index >= 15 is 0 Å². The zero-order chi connectivity index (χ0) is 14.1. The summed E-state index contributed by atoms with van der Waals surface area (Å²) >= 11 is 0. The fourth-order valence-electron chi connectivity index (χ4n) is 2.16. The summed E-state index contributed by atoms with van der Waals surface area (Å²) in [6.45, 7) is 2.42. The van der Waals surface area contributed by atoms with Crippen molar-refractivity contribution in [1.82, 2.24) is 9.80 Å². The minimum Gasteiger partial charge on any atom is -0.309 e. The standard InChI is InChI=1S/C16H29N2P/c1-17(2)12-8-14-19(15-9-13-18(3)4)16-10-6-5-7-11-16/h5-7,10-11H,8-9,12-15H2,1-4H3. The molecule has 0 radical (unpaired) electrons. The van der Waals surface area contributed by atoms with Crippen molar-refractivity contribution < 1.29 is 0 Å². The molecule has 0 heterocycles. The highest BCUT2D eigenvalue weighted by molar-refractivity contribution is 7.65. The molecule has 1 rings (SSSR count). The van der Waals surface area contributed by atoms with Crippen molar-refractivity contribution in [3.63, 3.8) is 0 Å². The molecule has 0 saturated heterocycles. The monoisotopic (exact) mass is 280 g/mol. The normalized spacial score (nSPS) is 11.7. The van der Waals surface area contributed by atoms with Crippen molar-refractivity contribution in [2.75, 3.05) is 53.6 Å². The molecule has 0 N–H and O–H groups in total. The van der Waals surface area contributed by atoms with Crippen LogP contribution in [0.25, 0.3) is 0 Å². The van der Waals surface area contributed by atoms with Gasteiger partial charge in [-0.2, -0.15) is 0 Å². The van der Waals surface area contributed by atoms with Gasteiger partial charge in [-0.1, -0.05) is 38.3 Å². The van der Waals surface area contributed by atoms with Crippen LogP contribution >= 0.6 is 7.92 Å². The lowest BCUT2D eigenvalue weighted by Gasteiger charge is -2.20. The Labute approximate surface area is 120 Å². The van der Waals surface area contributed by atoms with Crippen molar-refractivity contribution in [2.24, 2.45) is 0 Å². The molecular weight excluding hydrogens is 251 g/mol. The number of nitrogens with zero attached hydrogens (tertiary/aromatic N) is 2. The fourth-order valence-corrected chi connectivity index (χ4v) is 4.54. The molecule has 0 unspecified atom stereocenters. The van der Waals surface area contributed by atoms with Crippen LogP contribution in [0.3, 0.4) is 0 Å². The molecule has 0 aliphatic rings. The molecule has 19 heavy (non-hydrogen) atoms. The van der Waals surface area contributed by atoms with Gasteiger partial charge in [-0.15, -0.1) is 0 Å². The molecule has 3 heteroatoms. The van der Waals surface area contributed by atoms with Gasteiger partial charge >= 0.3 is 0 Å². The third-order valence-corrected chi connectivity index (χ3v) is 5.93. The number of benzene rings is 1. The second-order valence-electron chi connectivity index (χ2n) is 5.64. The molecule has 0 spiro atoms. The zero-order valence-corrected chi connectivity index (χ0v) is 13.9. The van der Waals surface area contributed by atoms with Crippen molar-refractivity contribution in [2.45, 2.75) is 12.8 Å². The first-order valence-corrected chi connectivity index (χ1v) is 8.90. The minimum absolute atomic E-state index is 0.0296. The Balaban J connectivity index is 2.48. The van der Waals surface area contributed by atoms with Gasteiger partial charge in [-0.3, -0.25) is 0 Å². The van der Waals surface area contributed by atoms with Gasteiger partial charge in [0.25, 0.3) is 0 Å². The molecule has 0 saturated carbocycles. The van der Waals surface area contributed by atoms with Crippen LogP contribution in [-0.4, -0.2) is 63.4 Å². The fraction of sp³-hybridized carbons (Fsp3) is 0.625. The Morgan fingerprint density at radius 3 is 1.68 bits per heavy atom. The zero-order valence-electron chi connectivity index (χ0n) is 13.0. The second-order valence-corrected chi connectivity index (χ2v) is 8.13. The summed E-state index contributed by atoms with van der Waals surface area (Å²) in [6, 6.07) is 11.1. The van der Waals surface area contributed by atoms with Crippen molar-refractivity contribution in [3.8, 4) is 0 Å². The Hall–Kier alpha value is -0.430. The maximum Gasteiger partial charge on any atom is -0.00214 e. The number of hydrogen-bond acceptors (Lipinski definition) is 2. The number of rotatable bonds is 9. The largest absolute Gasteiger partial charge is 0.309 e. The van der Waals surface area contributed by atoms with Crippen molar-refractivity contribution >= 4 is 13.2 Å². The molecule has 1 aromatic rings.